The molecule has 0 bridgehead atoms. The van der Waals surface area contributed by atoms with Crippen LogP contribution in [0.1, 0.15) is 0 Å². The quantitative estimate of drug-likeness (QED) is 0.420. The molecule has 0 radical (unpaired) electrons. The Morgan fingerprint density at radius 3 is 2.88 bits per heavy atom. The van der Waals surface area contributed by atoms with Crippen molar-refractivity contribution in [2.75, 3.05) is 13.3 Å². The normalized spacial score (nSPS) is 9.62. The first-order valence-electron chi connectivity index (χ1n) is 2.09. The zero-order valence-electron chi connectivity index (χ0n) is 4.51. The van der Waals surface area contributed by atoms with E-state index in [2.05, 4.69) is 4.74 Å². The van der Waals surface area contributed by atoms with Crippen molar-refractivity contribution in [1.29, 1.82) is 0 Å². The van der Waals surface area contributed by atoms with E-state index in [1.165, 1.54) is 0 Å². The third-order valence-corrected chi connectivity index (χ3v) is 1.04. The second kappa shape index (κ2) is 4.72. The van der Waals surface area contributed by atoms with Gasteiger partial charge in [0, 0.05) is 0 Å². The maximum Gasteiger partial charge on any atom is 0.323 e. The molecule has 0 aromatic rings. The second-order valence-electron chi connectivity index (χ2n) is 1.02. The Hall–Kier alpha value is -0.430. The van der Waals surface area contributed by atoms with Crippen molar-refractivity contribution in [2.24, 2.45) is 0 Å². The Bertz CT molecular complexity index is 91.3. The molecule has 0 fully saturated rings. The molecule has 0 aliphatic carbocycles. The van der Waals surface area contributed by atoms with Gasteiger partial charge in [0.25, 0.3) is 0 Å². The summed E-state index contributed by atoms with van der Waals surface area (Å²) in [7, 11) is 0.121. The highest BCUT2D eigenvalue weighted by atomic mass is 31.1. The molecule has 0 rings (SSSR count). The molecule has 0 N–H and O–H groups in total. The standard InChI is InChI=1S/C4H7O3P/c1-8-4(6)7-3-2-5/h2,8H,3H2,1H3. The molecule has 0 spiro atoms. The van der Waals surface area contributed by atoms with Crippen LogP contribution in [0.2, 0.25) is 0 Å². The lowest BCUT2D eigenvalue weighted by Gasteiger charge is -1.93. The lowest BCUT2D eigenvalue weighted by Crippen LogP contribution is -1.97. The van der Waals surface area contributed by atoms with E-state index < -0.39 is 0 Å². The van der Waals surface area contributed by atoms with Crippen LogP contribution >= 0.6 is 8.58 Å². The molecule has 0 saturated carbocycles. The molecule has 1 atom stereocenters. The van der Waals surface area contributed by atoms with Crippen LogP contribution in [0.3, 0.4) is 0 Å². The maximum absolute atomic E-state index is 10.2. The zero-order valence-corrected chi connectivity index (χ0v) is 5.51. The fourth-order valence-electron chi connectivity index (χ4n) is 0.182. The molecule has 8 heavy (non-hydrogen) atoms. The molecule has 1 unspecified atom stereocenters. The van der Waals surface area contributed by atoms with Crippen LogP contribution in [0.4, 0.5) is 4.79 Å². The summed E-state index contributed by atoms with van der Waals surface area (Å²) in [6.45, 7) is 1.59. The Kier molecular flexibility index (Phi) is 4.47. The van der Waals surface area contributed by atoms with Gasteiger partial charge in [0.2, 0.25) is 0 Å². The lowest BCUT2D eigenvalue weighted by molar-refractivity contribution is -0.110. The lowest BCUT2D eigenvalue weighted by atomic mass is 10.8. The van der Waals surface area contributed by atoms with E-state index in [-0.39, 0.29) is 20.9 Å². The Morgan fingerprint density at radius 1 is 1.88 bits per heavy atom. The first kappa shape index (κ1) is 7.57. The highest BCUT2D eigenvalue weighted by Crippen LogP contribution is 2.05. The van der Waals surface area contributed by atoms with E-state index in [1.807, 2.05) is 0 Å². The van der Waals surface area contributed by atoms with Crippen LogP contribution in [-0.2, 0) is 9.53 Å². The van der Waals surface area contributed by atoms with Crippen molar-refractivity contribution >= 4 is 20.6 Å². The van der Waals surface area contributed by atoms with Crippen LogP contribution in [0.25, 0.3) is 0 Å². The molecule has 0 aromatic heterocycles. The molecule has 0 amide bonds. The van der Waals surface area contributed by atoms with E-state index in [9.17, 15) is 9.59 Å². The summed E-state index contributed by atoms with van der Waals surface area (Å²) < 4.78 is 4.35. The van der Waals surface area contributed by atoms with Gasteiger partial charge in [0.1, 0.15) is 6.61 Å². The van der Waals surface area contributed by atoms with Crippen LogP contribution in [-0.4, -0.2) is 25.3 Å². The van der Waals surface area contributed by atoms with Gasteiger partial charge < -0.3 is 4.74 Å². The Morgan fingerprint density at radius 2 is 2.50 bits per heavy atom. The van der Waals surface area contributed by atoms with Crippen LogP contribution < -0.4 is 0 Å². The second-order valence-corrected chi connectivity index (χ2v) is 1.92. The van der Waals surface area contributed by atoms with E-state index in [0.717, 1.165) is 0 Å². The summed E-state index contributed by atoms with van der Waals surface area (Å²) in [5.41, 5.74) is -0.308. The third-order valence-electron chi connectivity index (χ3n) is 0.487. The van der Waals surface area contributed by atoms with Crippen molar-refractivity contribution < 1.29 is 14.3 Å². The molecule has 0 aromatic carbocycles. The van der Waals surface area contributed by atoms with Gasteiger partial charge in [-0.1, -0.05) is 0 Å². The summed E-state index contributed by atoms with van der Waals surface area (Å²) in [6, 6.07) is 0. The third kappa shape index (κ3) is 3.75. The average Bonchev–Trinajstić information content (AvgIpc) is 1.83. The highest BCUT2D eigenvalue weighted by Gasteiger charge is 1.93. The predicted octanol–water partition coefficient (Wildman–Crippen LogP) is 0.630. The topological polar surface area (TPSA) is 43.4 Å². The SMILES string of the molecule is CPC(=O)OCC=O. The van der Waals surface area contributed by atoms with Crippen molar-refractivity contribution in [1.82, 2.24) is 0 Å². The van der Waals surface area contributed by atoms with E-state index in [1.54, 1.807) is 6.66 Å². The smallest absolute Gasteiger partial charge is 0.323 e. The maximum atomic E-state index is 10.2. The molecule has 0 aliphatic rings. The summed E-state index contributed by atoms with van der Waals surface area (Å²) >= 11 is 0. The molecule has 0 saturated heterocycles. The molecular formula is C4H7O3P. The van der Waals surface area contributed by atoms with Crippen molar-refractivity contribution in [3.8, 4) is 0 Å². The van der Waals surface area contributed by atoms with Crippen molar-refractivity contribution in [2.45, 2.75) is 0 Å². The van der Waals surface area contributed by atoms with Gasteiger partial charge in [-0.15, -0.1) is 0 Å². The molecule has 4 heteroatoms. The number of rotatable bonds is 3. The minimum atomic E-state index is -0.308. The monoisotopic (exact) mass is 134 g/mol. The summed E-state index contributed by atoms with van der Waals surface area (Å²) in [5.74, 6) is 0. The van der Waals surface area contributed by atoms with Crippen molar-refractivity contribution in [3.05, 3.63) is 0 Å². The average molecular weight is 134 g/mol. The number of carbonyl (C=O) groups excluding carboxylic acids is 2. The van der Waals surface area contributed by atoms with E-state index >= 15 is 0 Å². The Labute approximate surface area is 49.2 Å². The van der Waals surface area contributed by atoms with Gasteiger partial charge in [-0.3, -0.25) is 4.79 Å². The minimum absolute atomic E-state index is 0.111. The number of ether oxygens (including phenoxy) is 1. The predicted molar refractivity (Wildman–Crippen MR) is 31.7 cm³/mol. The van der Waals surface area contributed by atoms with E-state index in [0.29, 0.717) is 6.29 Å². The first-order valence-corrected chi connectivity index (χ1v) is 3.59. The molecule has 0 heterocycles. The van der Waals surface area contributed by atoms with Gasteiger partial charge in [-0.05, 0) is 15.2 Å². The highest BCUT2D eigenvalue weighted by molar-refractivity contribution is 7.56. The molecule has 46 valence electrons. The number of carbonyl (C=O) groups is 2. The largest absolute Gasteiger partial charge is 0.455 e. The molecule has 3 nitrogen and oxygen atoms in total. The van der Waals surface area contributed by atoms with Gasteiger partial charge in [-0.25, -0.2) is 4.79 Å². The van der Waals surface area contributed by atoms with Gasteiger partial charge in [-0.2, -0.15) is 0 Å². The van der Waals surface area contributed by atoms with Gasteiger partial charge in [0.15, 0.2) is 6.29 Å². The Balaban J connectivity index is 3.11. The summed E-state index contributed by atoms with van der Waals surface area (Å²) in [5, 5.41) is 0. The van der Waals surface area contributed by atoms with E-state index in [4.69, 9.17) is 0 Å². The summed E-state index contributed by atoms with van der Waals surface area (Å²) in [4.78, 5) is 19.8. The van der Waals surface area contributed by atoms with Crippen LogP contribution in [0.15, 0.2) is 0 Å². The van der Waals surface area contributed by atoms with Gasteiger partial charge in [0.05, 0.1) is 0 Å². The van der Waals surface area contributed by atoms with Gasteiger partial charge >= 0.3 is 5.71 Å². The van der Waals surface area contributed by atoms with Crippen LogP contribution in [0, 0.1) is 0 Å². The fourth-order valence-corrected chi connectivity index (χ4v) is 0.410. The first-order chi connectivity index (χ1) is 3.81. The molecular weight excluding hydrogens is 127 g/mol. The van der Waals surface area contributed by atoms with Crippen LogP contribution in [0.5, 0.6) is 0 Å². The number of hydrogen-bond donors (Lipinski definition) is 0. The summed E-state index contributed by atoms with van der Waals surface area (Å²) in [6.07, 6.45) is 0.554. The molecule has 0 aliphatic heterocycles. The van der Waals surface area contributed by atoms with Crippen molar-refractivity contribution in [3.63, 3.8) is 0 Å². The fraction of sp³-hybridized carbons (Fsp3) is 0.500. The zero-order chi connectivity index (χ0) is 6.41. The number of hydrogen-bond acceptors (Lipinski definition) is 3. The minimum Gasteiger partial charge on any atom is -0.455 e. The number of aldehydes is 1.